The molecule has 0 spiro atoms. The molecule has 0 bridgehead atoms. The molecule has 1 saturated carbocycles. The molecule has 1 aliphatic carbocycles. The molecule has 2 amide bonds. The molecule has 7 nitrogen and oxygen atoms in total. The summed E-state index contributed by atoms with van der Waals surface area (Å²) >= 11 is 0. The molecular formula is C16H20N2O5. The summed E-state index contributed by atoms with van der Waals surface area (Å²) in [5, 5.41) is 14.7. The van der Waals surface area contributed by atoms with E-state index >= 15 is 0 Å². The Morgan fingerprint density at radius 3 is 2.70 bits per heavy atom. The van der Waals surface area contributed by atoms with Gasteiger partial charge >= 0.3 is 12.0 Å². The number of carboxylic acid groups (broad SMARTS) is 1. The van der Waals surface area contributed by atoms with Gasteiger partial charge in [0.1, 0.15) is 0 Å². The minimum Gasteiger partial charge on any atom is -0.481 e. The van der Waals surface area contributed by atoms with Crippen molar-refractivity contribution in [1.82, 2.24) is 10.6 Å². The van der Waals surface area contributed by atoms with Crippen molar-refractivity contribution in [3.63, 3.8) is 0 Å². The molecule has 1 heterocycles. The lowest BCUT2D eigenvalue weighted by atomic mass is 9.86. The van der Waals surface area contributed by atoms with Gasteiger partial charge in [0.25, 0.3) is 0 Å². The van der Waals surface area contributed by atoms with Crippen molar-refractivity contribution >= 4 is 12.0 Å². The number of carboxylic acids is 1. The summed E-state index contributed by atoms with van der Waals surface area (Å²) in [6, 6.07) is 5.35. The number of nitrogens with one attached hydrogen (secondary N) is 2. The maximum atomic E-state index is 12.0. The minimum atomic E-state index is -0.743. The van der Waals surface area contributed by atoms with E-state index < -0.39 is 5.97 Å². The molecule has 0 saturated heterocycles. The normalized spacial score (nSPS) is 22.4. The lowest BCUT2D eigenvalue weighted by Gasteiger charge is -2.26. The third-order valence-electron chi connectivity index (χ3n) is 4.33. The van der Waals surface area contributed by atoms with Gasteiger partial charge in [0.15, 0.2) is 11.5 Å². The van der Waals surface area contributed by atoms with Crippen molar-refractivity contribution in [1.29, 1.82) is 0 Å². The fourth-order valence-electron chi connectivity index (χ4n) is 3.03. The summed E-state index contributed by atoms with van der Waals surface area (Å²) in [6.45, 7) is 0.550. The first-order chi connectivity index (χ1) is 11.1. The lowest BCUT2D eigenvalue weighted by Crippen LogP contribution is -2.43. The van der Waals surface area contributed by atoms with Crippen LogP contribution < -0.4 is 20.1 Å². The van der Waals surface area contributed by atoms with Crippen LogP contribution in [0.1, 0.15) is 31.2 Å². The maximum absolute atomic E-state index is 12.0. The number of para-hydroxylation sites is 1. The molecule has 2 aliphatic rings. The Balaban J connectivity index is 1.46. The Morgan fingerprint density at radius 1 is 1.17 bits per heavy atom. The van der Waals surface area contributed by atoms with Gasteiger partial charge in [-0.3, -0.25) is 4.79 Å². The average molecular weight is 320 g/mol. The van der Waals surface area contributed by atoms with E-state index in [2.05, 4.69) is 10.6 Å². The highest BCUT2D eigenvalue weighted by Gasteiger charge is 2.26. The van der Waals surface area contributed by atoms with E-state index in [1.54, 1.807) is 0 Å². The molecule has 0 atom stereocenters. The van der Waals surface area contributed by atoms with Crippen LogP contribution in [0.4, 0.5) is 4.79 Å². The molecule has 7 heteroatoms. The molecule has 1 fully saturated rings. The largest absolute Gasteiger partial charge is 0.481 e. The molecule has 0 radical (unpaired) electrons. The van der Waals surface area contributed by atoms with Crippen LogP contribution in [-0.4, -0.2) is 29.9 Å². The highest BCUT2D eigenvalue weighted by molar-refractivity contribution is 5.74. The van der Waals surface area contributed by atoms with E-state index in [-0.39, 0.29) is 24.8 Å². The molecule has 1 aromatic rings. The van der Waals surface area contributed by atoms with Gasteiger partial charge in [-0.2, -0.15) is 0 Å². The summed E-state index contributed by atoms with van der Waals surface area (Å²) in [7, 11) is 0. The number of aliphatic carboxylic acids is 1. The Labute approximate surface area is 134 Å². The van der Waals surface area contributed by atoms with Crippen molar-refractivity contribution in [2.45, 2.75) is 38.3 Å². The van der Waals surface area contributed by atoms with E-state index in [9.17, 15) is 9.59 Å². The Hall–Kier alpha value is -2.44. The summed E-state index contributed by atoms with van der Waals surface area (Å²) < 4.78 is 10.7. The number of hydrogen-bond donors (Lipinski definition) is 3. The zero-order valence-electron chi connectivity index (χ0n) is 12.7. The molecule has 3 N–H and O–H groups in total. The smallest absolute Gasteiger partial charge is 0.315 e. The first-order valence-electron chi connectivity index (χ1n) is 7.78. The predicted molar refractivity (Wildman–Crippen MR) is 81.3 cm³/mol. The van der Waals surface area contributed by atoms with Crippen LogP contribution in [0.5, 0.6) is 11.5 Å². The second kappa shape index (κ2) is 6.76. The molecular weight excluding hydrogens is 300 g/mol. The number of rotatable bonds is 4. The third-order valence-corrected chi connectivity index (χ3v) is 4.33. The van der Waals surface area contributed by atoms with Crippen LogP contribution in [0.15, 0.2) is 18.2 Å². The summed E-state index contributed by atoms with van der Waals surface area (Å²) in [5.41, 5.74) is 0.865. The van der Waals surface area contributed by atoms with Crippen LogP contribution in [0.2, 0.25) is 0 Å². The monoisotopic (exact) mass is 320 g/mol. The Kier molecular flexibility index (Phi) is 4.55. The average Bonchev–Trinajstić information content (AvgIpc) is 3.02. The Bertz CT molecular complexity index is 596. The quantitative estimate of drug-likeness (QED) is 0.787. The number of fused-ring (bicyclic) bond motifs is 1. The molecule has 23 heavy (non-hydrogen) atoms. The molecule has 0 aromatic heterocycles. The van der Waals surface area contributed by atoms with Crippen LogP contribution in [0.25, 0.3) is 0 Å². The fourth-order valence-corrected chi connectivity index (χ4v) is 3.03. The molecule has 0 unspecified atom stereocenters. The van der Waals surface area contributed by atoms with Crippen LogP contribution >= 0.6 is 0 Å². The van der Waals surface area contributed by atoms with Crippen LogP contribution in [0, 0.1) is 5.92 Å². The lowest BCUT2D eigenvalue weighted by molar-refractivity contribution is -0.142. The standard InChI is InChI=1S/C16H20N2O5/c19-15(20)10-4-6-12(7-5-10)18-16(21)17-8-11-2-1-3-13-14(11)23-9-22-13/h1-3,10,12H,4-9H2,(H,19,20)(H2,17,18,21). The second-order valence-electron chi connectivity index (χ2n) is 5.86. The third kappa shape index (κ3) is 3.67. The highest BCUT2D eigenvalue weighted by Crippen LogP contribution is 2.35. The molecule has 3 rings (SSSR count). The van der Waals surface area contributed by atoms with Gasteiger partial charge in [-0.25, -0.2) is 4.79 Å². The van der Waals surface area contributed by atoms with E-state index in [1.165, 1.54) is 0 Å². The summed E-state index contributed by atoms with van der Waals surface area (Å²) in [5.74, 6) is 0.347. The van der Waals surface area contributed by atoms with Crippen LogP contribution in [0.3, 0.4) is 0 Å². The molecule has 1 aliphatic heterocycles. The number of hydrogen-bond acceptors (Lipinski definition) is 4. The van der Waals surface area contributed by atoms with Gasteiger partial charge in [0, 0.05) is 18.2 Å². The molecule has 1 aromatic carbocycles. The van der Waals surface area contributed by atoms with E-state index in [0.29, 0.717) is 43.7 Å². The number of ether oxygens (including phenoxy) is 2. The van der Waals surface area contributed by atoms with Crippen molar-refractivity contribution in [2.75, 3.05) is 6.79 Å². The Morgan fingerprint density at radius 2 is 1.96 bits per heavy atom. The van der Waals surface area contributed by atoms with Gasteiger partial charge in [0.2, 0.25) is 6.79 Å². The zero-order valence-corrected chi connectivity index (χ0v) is 12.7. The van der Waals surface area contributed by atoms with E-state index in [0.717, 1.165) is 5.56 Å². The number of carbonyl (C=O) groups is 2. The van der Waals surface area contributed by atoms with Crippen molar-refractivity contribution in [2.24, 2.45) is 5.92 Å². The minimum absolute atomic E-state index is 0.0340. The number of carbonyl (C=O) groups excluding carboxylic acids is 1. The number of benzene rings is 1. The van der Waals surface area contributed by atoms with Crippen LogP contribution in [-0.2, 0) is 11.3 Å². The van der Waals surface area contributed by atoms with Gasteiger partial charge < -0.3 is 25.2 Å². The van der Waals surface area contributed by atoms with Gasteiger partial charge in [0.05, 0.1) is 5.92 Å². The summed E-state index contributed by atoms with van der Waals surface area (Å²) in [6.07, 6.45) is 2.61. The zero-order chi connectivity index (χ0) is 16.2. The van der Waals surface area contributed by atoms with Gasteiger partial charge in [-0.15, -0.1) is 0 Å². The van der Waals surface area contributed by atoms with Gasteiger partial charge in [-0.1, -0.05) is 12.1 Å². The molecule has 124 valence electrons. The van der Waals surface area contributed by atoms with E-state index in [4.69, 9.17) is 14.6 Å². The second-order valence-corrected chi connectivity index (χ2v) is 5.86. The topological polar surface area (TPSA) is 96.9 Å². The van der Waals surface area contributed by atoms with Crippen molar-refractivity contribution < 1.29 is 24.2 Å². The number of amides is 2. The number of urea groups is 1. The fraction of sp³-hybridized carbons (Fsp3) is 0.500. The van der Waals surface area contributed by atoms with Crippen molar-refractivity contribution in [3.8, 4) is 11.5 Å². The van der Waals surface area contributed by atoms with E-state index in [1.807, 2.05) is 18.2 Å². The first kappa shape index (κ1) is 15.5. The predicted octanol–water partition coefficient (Wildman–Crippen LogP) is 1.86. The van der Waals surface area contributed by atoms with Crippen molar-refractivity contribution in [3.05, 3.63) is 23.8 Å². The highest BCUT2D eigenvalue weighted by atomic mass is 16.7. The SMILES string of the molecule is O=C(NCc1cccc2c1OCO2)NC1CCC(C(=O)O)CC1. The van der Waals surface area contributed by atoms with Gasteiger partial charge in [-0.05, 0) is 31.7 Å². The maximum Gasteiger partial charge on any atom is 0.315 e. The summed E-state index contributed by atoms with van der Waals surface area (Å²) in [4.78, 5) is 22.9. The first-order valence-corrected chi connectivity index (χ1v) is 7.78.